The summed E-state index contributed by atoms with van der Waals surface area (Å²) in [4.78, 5) is 24.8. The smallest absolute Gasteiger partial charge is 0.251 e. The SMILES string of the molecule is COc1ccc(C(=O)NC(C(=O)Nc2ccc(F)cc2F)C(C)C)cc1. The van der Waals surface area contributed by atoms with Gasteiger partial charge in [-0.3, -0.25) is 9.59 Å². The van der Waals surface area contributed by atoms with Gasteiger partial charge in [0, 0.05) is 11.6 Å². The van der Waals surface area contributed by atoms with Crippen molar-refractivity contribution in [2.75, 3.05) is 12.4 Å². The Morgan fingerprint density at radius 2 is 1.69 bits per heavy atom. The molecule has 2 aromatic carbocycles. The molecule has 0 bridgehead atoms. The molecule has 0 aliphatic heterocycles. The maximum atomic E-state index is 13.7. The predicted molar refractivity (Wildman–Crippen MR) is 94.1 cm³/mol. The van der Waals surface area contributed by atoms with Gasteiger partial charge in [-0.1, -0.05) is 13.8 Å². The Kier molecular flexibility index (Phi) is 6.27. The molecule has 7 heteroatoms. The van der Waals surface area contributed by atoms with E-state index >= 15 is 0 Å². The van der Waals surface area contributed by atoms with E-state index in [2.05, 4.69) is 10.6 Å². The van der Waals surface area contributed by atoms with E-state index in [1.807, 2.05) is 0 Å². The molecule has 0 aromatic heterocycles. The van der Waals surface area contributed by atoms with E-state index in [0.717, 1.165) is 12.1 Å². The van der Waals surface area contributed by atoms with Crippen LogP contribution in [0.1, 0.15) is 24.2 Å². The number of carbonyl (C=O) groups is 2. The summed E-state index contributed by atoms with van der Waals surface area (Å²) in [7, 11) is 1.52. The summed E-state index contributed by atoms with van der Waals surface area (Å²) in [6.45, 7) is 3.50. The lowest BCUT2D eigenvalue weighted by Gasteiger charge is -2.22. The Bertz CT molecular complexity index is 792. The number of amides is 2. The molecule has 0 saturated carbocycles. The molecule has 2 aromatic rings. The number of ether oxygens (including phenoxy) is 1. The third kappa shape index (κ3) is 4.78. The second-order valence-electron chi connectivity index (χ2n) is 6.04. The van der Waals surface area contributed by atoms with Crippen LogP contribution in [0.15, 0.2) is 42.5 Å². The lowest BCUT2D eigenvalue weighted by atomic mass is 10.0. The monoisotopic (exact) mass is 362 g/mol. The molecule has 138 valence electrons. The first-order valence-corrected chi connectivity index (χ1v) is 8.02. The fourth-order valence-corrected chi connectivity index (χ4v) is 2.30. The fourth-order valence-electron chi connectivity index (χ4n) is 2.30. The Morgan fingerprint density at radius 1 is 1.04 bits per heavy atom. The standard InChI is InChI=1S/C19H20F2N2O3/c1-11(2)17(19(25)22-16-9-6-13(20)10-15(16)21)23-18(24)12-4-7-14(26-3)8-5-12/h4-11,17H,1-3H3,(H,22,25)(H,23,24). The lowest BCUT2D eigenvalue weighted by molar-refractivity contribution is -0.118. The van der Waals surface area contributed by atoms with E-state index in [0.29, 0.717) is 17.4 Å². The highest BCUT2D eigenvalue weighted by atomic mass is 19.1. The topological polar surface area (TPSA) is 67.4 Å². The molecular formula is C19H20F2N2O3. The Balaban J connectivity index is 2.11. The van der Waals surface area contributed by atoms with Gasteiger partial charge in [-0.25, -0.2) is 8.78 Å². The van der Waals surface area contributed by atoms with E-state index in [1.165, 1.54) is 7.11 Å². The zero-order chi connectivity index (χ0) is 19.3. The van der Waals surface area contributed by atoms with Crippen LogP contribution in [-0.2, 0) is 4.79 Å². The normalized spacial score (nSPS) is 11.8. The quantitative estimate of drug-likeness (QED) is 0.828. The van der Waals surface area contributed by atoms with Crippen LogP contribution >= 0.6 is 0 Å². The molecule has 5 nitrogen and oxygen atoms in total. The Hall–Kier alpha value is -2.96. The Morgan fingerprint density at radius 3 is 2.23 bits per heavy atom. The highest BCUT2D eigenvalue weighted by Crippen LogP contribution is 2.17. The Labute approximate surface area is 150 Å². The van der Waals surface area contributed by atoms with Gasteiger partial charge in [-0.15, -0.1) is 0 Å². The van der Waals surface area contributed by atoms with E-state index in [-0.39, 0.29) is 11.6 Å². The van der Waals surface area contributed by atoms with Crippen molar-refractivity contribution in [1.29, 1.82) is 0 Å². The minimum absolute atomic E-state index is 0.152. The van der Waals surface area contributed by atoms with Crippen molar-refractivity contribution in [3.8, 4) is 5.75 Å². The maximum absolute atomic E-state index is 13.7. The van der Waals surface area contributed by atoms with Crippen molar-refractivity contribution in [1.82, 2.24) is 5.32 Å². The molecule has 0 saturated heterocycles. The predicted octanol–water partition coefficient (Wildman–Crippen LogP) is 3.37. The summed E-state index contributed by atoms with van der Waals surface area (Å²) in [6.07, 6.45) is 0. The summed E-state index contributed by atoms with van der Waals surface area (Å²) in [5.74, 6) is -2.31. The molecule has 0 spiro atoms. The average molecular weight is 362 g/mol. The van der Waals surface area contributed by atoms with Gasteiger partial charge in [0.2, 0.25) is 5.91 Å². The molecule has 0 aliphatic carbocycles. The first-order valence-electron chi connectivity index (χ1n) is 8.02. The van der Waals surface area contributed by atoms with Gasteiger partial charge in [0.1, 0.15) is 23.4 Å². The van der Waals surface area contributed by atoms with Crippen molar-refractivity contribution in [2.45, 2.75) is 19.9 Å². The summed E-state index contributed by atoms with van der Waals surface area (Å²) < 4.78 is 31.7. The highest BCUT2D eigenvalue weighted by molar-refractivity contribution is 6.01. The number of hydrogen-bond acceptors (Lipinski definition) is 3. The van der Waals surface area contributed by atoms with Gasteiger partial charge in [0.25, 0.3) is 5.91 Å². The summed E-state index contributed by atoms with van der Waals surface area (Å²) >= 11 is 0. The van der Waals surface area contributed by atoms with Gasteiger partial charge < -0.3 is 15.4 Å². The first-order chi connectivity index (χ1) is 12.3. The molecule has 1 unspecified atom stereocenters. The van der Waals surface area contributed by atoms with Crippen LogP contribution < -0.4 is 15.4 Å². The van der Waals surface area contributed by atoms with Gasteiger partial charge >= 0.3 is 0 Å². The number of anilines is 1. The minimum atomic E-state index is -0.894. The highest BCUT2D eigenvalue weighted by Gasteiger charge is 2.25. The van der Waals surface area contributed by atoms with Gasteiger partial charge in [-0.2, -0.15) is 0 Å². The number of benzene rings is 2. The summed E-state index contributed by atoms with van der Waals surface area (Å²) in [6, 6.07) is 8.36. The molecule has 2 amide bonds. The number of methoxy groups -OCH3 is 1. The molecule has 2 N–H and O–H groups in total. The fraction of sp³-hybridized carbons (Fsp3) is 0.263. The average Bonchev–Trinajstić information content (AvgIpc) is 2.61. The van der Waals surface area contributed by atoms with Crippen LogP contribution in [0.2, 0.25) is 0 Å². The van der Waals surface area contributed by atoms with Crippen LogP contribution in [0.5, 0.6) is 5.75 Å². The van der Waals surface area contributed by atoms with Crippen molar-refractivity contribution >= 4 is 17.5 Å². The molecular weight excluding hydrogens is 342 g/mol. The van der Waals surface area contributed by atoms with E-state index in [1.54, 1.807) is 38.1 Å². The minimum Gasteiger partial charge on any atom is -0.497 e. The lowest BCUT2D eigenvalue weighted by Crippen LogP contribution is -2.47. The first kappa shape index (κ1) is 19.4. The summed E-state index contributed by atoms with van der Waals surface area (Å²) in [5.41, 5.74) is 0.206. The summed E-state index contributed by atoms with van der Waals surface area (Å²) in [5, 5.41) is 5.01. The van der Waals surface area contributed by atoms with Crippen molar-refractivity contribution in [2.24, 2.45) is 5.92 Å². The third-order valence-corrected chi connectivity index (χ3v) is 3.78. The van der Waals surface area contributed by atoms with Gasteiger partial charge in [-0.05, 0) is 42.3 Å². The van der Waals surface area contributed by atoms with Crippen molar-refractivity contribution < 1.29 is 23.1 Å². The number of halogens is 2. The zero-order valence-electron chi connectivity index (χ0n) is 14.7. The molecule has 2 rings (SSSR count). The van der Waals surface area contributed by atoms with E-state index in [9.17, 15) is 18.4 Å². The largest absolute Gasteiger partial charge is 0.497 e. The van der Waals surface area contributed by atoms with Crippen LogP contribution in [0.25, 0.3) is 0 Å². The van der Waals surface area contributed by atoms with Crippen LogP contribution in [0, 0.1) is 17.6 Å². The second-order valence-corrected chi connectivity index (χ2v) is 6.04. The van der Waals surface area contributed by atoms with Crippen LogP contribution in [-0.4, -0.2) is 25.0 Å². The number of hydrogen-bond donors (Lipinski definition) is 2. The van der Waals surface area contributed by atoms with E-state index in [4.69, 9.17) is 4.74 Å². The molecule has 0 fully saturated rings. The second kappa shape index (κ2) is 8.42. The van der Waals surface area contributed by atoms with Gasteiger partial charge in [0.15, 0.2) is 0 Å². The van der Waals surface area contributed by atoms with Gasteiger partial charge in [0.05, 0.1) is 12.8 Å². The van der Waals surface area contributed by atoms with Crippen molar-refractivity contribution in [3.63, 3.8) is 0 Å². The van der Waals surface area contributed by atoms with E-state index < -0.39 is 29.5 Å². The number of rotatable bonds is 6. The molecule has 0 radical (unpaired) electrons. The van der Waals surface area contributed by atoms with Crippen molar-refractivity contribution in [3.05, 3.63) is 59.7 Å². The molecule has 1 atom stereocenters. The van der Waals surface area contributed by atoms with Crippen LogP contribution in [0.3, 0.4) is 0 Å². The maximum Gasteiger partial charge on any atom is 0.251 e. The number of carbonyl (C=O) groups excluding carboxylic acids is 2. The van der Waals surface area contributed by atoms with Crippen LogP contribution in [0.4, 0.5) is 14.5 Å². The zero-order valence-corrected chi connectivity index (χ0v) is 14.7. The molecule has 26 heavy (non-hydrogen) atoms. The molecule has 0 aliphatic rings. The molecule has 0 heterocycles. The third-order valence-electron chi connectivity index (χ3n) is 3.78. The number of nitrogens with one attached hydrogen (secondary N) is 2.